The Hall–Kier alpha value is -2.54. The van der Waals surface area contributed by atoms with Crippen molar-refractivity contribution in [2.45, 2.75) is 6.42 Å². The molecule has 2 aromatic rings. The van der Waals surface area contributed by atoms with Gasteiger partial charge in [-0.1, -0.05) is 0 Å². The number of carbonyl (C=O) groups excluding carboxylic acids is 1. The Kier molecular flexibility index (Phi) is 3.24. The maximum atomic E-state index is 13.2. The first-order valence-electron chi connectivity index (χ1n) is 7.82. The summed E-state index contributed by atoms with van der Waals surface area (Å²) in [4.78, 5) is 17.6. The molecule has 25 heavy (non-hydrogen) atoms. The molecule has 5 rings (SSSR count). The molecule has 0 radical (unpaired) electrons. The Labute approximate surface area is 151 Å². The van der Waals surface area contributed by atoms with Crippen molar-refractivity contribution < 1.29 is 23.7 Å². The van der Waals surface area contributed by atoms with Gasteiger partial charge in [0.1, 0.15) is 5.71 Å². The standard InChI is InChI=1S/C18H12BrNO5/c19-12-6-16-15(24-8-25-16)5-11(12)18(21)17-10-4-14-13(22-7-23-14)3-9(10)1-2-20-17/h3-6H,1-2,7-8H2. The lowest BCUT2D eigenvalue weighted by Gasteiger charge is -2.17. The first-order valence-corrected chi connectivity index (χ1v) is 8.61. The van der Waals surface area contributed by atoms with E-state index in [9.17, 15) is 4.79 Å². The van der Waals surface area contributed by atoms with E-state index in [0.717, 1.165) is 23.3 Å². The zero-order chi connectivity index (χ0) is 17.0. The molecule has 126 valence electrons. The summed E-state index contributed by atoms with van der Waals surface area (Å²) in [7, 11) is 0. The molecule has 3 aliphatic heterocycles. The third kappa shape index (κ3) is 2.30. The van der Waals surface area contributed by atoms with E-state index >= 15 is 0 Å². The van der Waals surface area contributed by atoms with Crippen molar-refractivity contribution in [2.24, 2.45) is 4.99 Å². The minimum absolute atomic E-state index is 0.159. The molecule has 6 nitrogen and oxygen atoms in total. The van der Waals surface area contributed by atoms with Crippen LogP contribution in [0, 0.1) is 0 Å². The van der Waals surface area contributed by atoms with Gasteiger partial charge in [-0.25, -0.2) is 0 Å². The van der Waals surface area contributed by atoms with Crippen molar-refractivity contribution in [2.75, 3.05) is 20.1 Å². The van der Waals surface area contributed by atoms with Crippen LogP contribution in [0.5, 0.6) is 23.0 Å². The molecule has 0 aliphatic carbocycles. The molecule has 0 N–H and O–H groups in total. The highest BCUT2D eigenvalue weighted by molar-refractivity contribution is 9.10. The second-order valence-electron chi connectivity index (χ2n) is 5.86. The molecule has 0 atom stereocenters. The van der Waals surface area contributed by atoms with Crippen molar-refractivity contribution in [1.82, 2.24) is 0 Å². The summed E-state index contributed by atoms with van der Waals surface area (Å²) in [5.74, 6) is 2.39. The van der Waals surface area contributed by atoms with Crippen molar-refractivity contribution in [3.05, 3.63) is 45.4 Å². The van der Waals surface area contributed by atoms with E-state index in [1.807, 2.05) is 12.1 Å². The van der Waals surface area contributed by atoms with Crippen molar-refractivity contribution in [3.63, 3.8) is 0 Å². The Morgan fingerprint density at radius 3 is 2.32 bits per heavy atom. The van der Waals surface area contributed by atoms with Gasteiger partial charge in [0.05, 0.1) is 0 Å². The highest BCUT2D eigenvalue weighted by atomic mass is 79.9. The summed E-state index contributed by atoms with van der Waals surface area (Å²) in [5.41, 5.74) is 2.76. The quantitative estimate of drug-likeness (QED) is 0.723. The first kappa shape index (κ1) is 14.8. The van der Waals surface area contributed by atoms with Crippen LogP contribution in [0.25, 0.3) is 0 Å². The van der Waals surface area contributed by atoms with Crippen LogP contribution in [0.2, 0.25) is 0 Å². The van der Waals surface area contributed by atoms with Crippen LogP contribution < -0.4 is 18.9 Å². The molecule has 0 saturated carbocycles. The number of fused-ring (bicyclic) bond motifs is 3. The summed E-state index contributed by atoms with van der Waals surface area (Å²) in [5, 5.41) is 0. The number of nitrogens with zero attached hydrogens (tertiary/aromatic N) is 1. The van der Waals surface area contributed by atoms with Crippen molar-refractivity contribution >= 4 is 27.4 Å². The van der Waals surface area contributed by atoms with Gasteiger partial charge in [-0.15, -0.1) is 0 Å². The molecule has 0 fully saturated rings. The molecule has 3 aliphatic rings. The monoisotopic (exact) mass is 401 g/mol. The molecule has 0 bridgehead atoms. The van der Waals surface area contributed by atoms with Crippen LogP contribution in [0.1, 0.15) is 21.5 Å². The highest BCUT2D eigenvalue weighted by Gasteiger charge is 2.28. The van der Waals surface area contributed by atoms with Crippen LogP contribution in [0.3, 0.4) is 0 Å². The summed E-state index contributed by atoms with van der Waals surface area (Å²) in [6.07, 6.45) is 0.769. The van der Waals surface area contributed by atoms with Crippen molar-refractivity contribution in [1.29, 1.82) is 0 Å². The second-order valence-corrected chi connectivity index (χ2v) is 6.71. The van der Waals surface area contributed by atoms with Gasteiger partial charge in [-0.05, 0) is 52.2 Å². The Morgan fingerprint density at radius 2 is 1.56 bits per heavy atom. The van der Waals surface area contributed by atoms with Gasteiger partial charge in [0.25, 0.3) is 0 Å². The lowest BCUT2D eigenvalue weighted by molar-refractivity contribution is 0.106. The summed E-state index contributed by atoms with van der Waals surface area (Å²) < 4.78 is 22.3. The average molecular weight is 402 g/mol. The number of hydrogen-bond acceptors (Lipinski definition) is 6. The fourth-order valence-electron chi connectivity index (χ4n) is 3.20. The van der Waals surface area contributed by atoms with Crippen molar-refractivity contribution in [3.8, 4) is 23.0 Å². The smallest absolute Gasteiger partial charge is 0.231 e. The number of ether oxygens (including phenoxy) is 4. The zero-order valence-electron chi connectivity index (χ0n) is 13.0. The SMILES string of the molecule is O=C(C1=NCCc2cc3c(cc21)OCO3)c1cc2c(cc1Br)OCO2. The topological polar surface area (TPSA) is 66.4 Å². The van der Waals surface area contributed by atoms with E-state index in [2.05, 4.69) is 20.9 Å². The molecule has 3 heterocycles. The fraction of sp³-hybridized carbons (Fsp3) is 0.222. The summed E-state index contributed by atoms with van der Waals surface area (Å²) >= 11 is 3.45. The molecule has 0 unspecified atom stereocenters. The van der Waals surface area contributed by atoms with E-state index in [-0.39, 0.29) is 19.4 Å². The number of ketones is 1. The number of benzene rings is 2. The van der Waals surface area contributed by atoms with Gasteiger partial charge in [0, 0.05) is 22.1 Å². The molecule has 2 aromatic carbocycles. The highest BCUT2D eigenvalue weighted by Crippen LogP contribution is 2.39. The number of aliphatic imine (C=N–C) groups is 1. The predicted octanol–water partition coefficient (Wildman–Crippen LogP) is 3.13. The minimum atomic E-state index is -0.162. The van der Waals surface area contributed by atoms with Gasteiger partial charge < -0.3 is 18.9 Å². The van der Waals surface area contributed by atoms with Crippen LogP contribution in [-0.2, 0) is 6.42 Å². The van der Waals surface area contributed by atoms with Gasteiger partial charge >= 0.3 is 0 Å². The average Bonchev–Trinajstić information content (AvgIpc) is 3.26. The number of Topliss-reactive ketones (excluding diaryl/α,β-unsaturated/α-hetero) is 1. The van der Waals surface area contributed by atoms with Gasteiger partial charge in [-0.2, -0.15) is 0 Å². The fourth-order valence-corrected chi connectivity index (χ4v) is 3.70. The lowest BCUT2D eigenvalue weighted by Crippen LogP contribution is -2.22. The molecule has 0 spiro atoms. The Bertz CT molecular complexity index is 953. The van der Waals surface area contributed by atoms with E-state index in [4.69, 9.17) is 18.9 Å². The zero-order valence-corrected chi connectivity index (χ0v) is 14.6. The van der Waals surface area contributed by atoms with Crippen LogP contribution >= 0.6 is 15.9 Å². The Balaban J connectivity index is 1.59. The molecule has 0 aromatic heterocycles. The number of hydrogen-bond donors (Lipinski definition) is 0. The number of rotatable bonds is 2. The third-order valence-electron chi connectivity index (χ3n) is 4.43. The van der Waals surface area contributed by atoms with Crippen LogP contribution in [0.4, 0.5) is 0 Å². The Morgan fingerprint density at radius 1 is 0.920 bits per heavy atom. The van der Waals surface area contributed by atoms with Gasteiger partial charge in [0.2, 0.25) is 19.4 Å². The molecular formula is C18H12BrNO5. The molecule has 0 saturated heterocycles. The number of halogens is 1. The molecule has 0 amide bonds. The second kappa shape index (κ2) is 5.49. The van der Waals surface area contributed by atoms with E-state index in [1.54, 1.807) is 12.1 Å². The lowest BCUT2D eigenvalue weighted by atomic mass is 9.92. The van der Waals surface area contributed by atoms with E-state index in [1.165, 1.54) is 0 Å². The molecular weight excluding hydrogens is 390 g/mol. The third-order valence-corrected chi connectivity index (χ3v) is 5.08. The first-order chi connectivity index (χ1) is 12.2. The van der Waals surface area contributed by atoms with E-state index in [0.29, 0.717) is 39.5 Å². The summed E-state index contributed by atoms with van der Waals surface area (Å²) in [6.45, 7) is 0.926. The van der Waals surface area contributed by atoms with Gasteiger partial charge in [0.15, 0.2) is 23.0 Å². The largest absolute Gasteiger partial charge is 0.454 e. The summed E-state index contributed by atoms with van der Waals surface area (Å²) in [6, 6.07) is 7.22. The van der Waals surface area contributed by atoms with Crippen LogP contribution in [0.15, 0.2) is 33.7 Å². The predicted molar refractivity (Wildman–Crippen MR) is 92.3 cm³/mol. The minimum Gasteiger partial charge on any atom is -0.454 e. The van der Waals surface area contributed by atoms with E-state index < -0.39 is 0 Å². The van der Waals surface area contributed by atoms with Crippen LogP contribution in [-0.4, -0.2) is 31.6 Å². The number of carbonyl (C=O) groups is 1. The molecule has 7 heteroatoms. The maximum absolute atomic E-state index is 13.2. The van der Waals surface area contributed by atoms with Gasteiger partial charge in [-0.3, -0.25) is 9.79 Å². The maximum Gasteiger partial charge on any atom is 0.231 e. The normalized spacial score (nSPS) is 16.4.